The van der Waals surface area contributed by atoms with E-state index in [9.17, 15) is 0 Å². The lowest BCUT2D eigenvalue weighted by atomic mass is 9.91. The van der Waals surface area contributed by atoms with Crippen molar-refractivity contribution in [1.29, 1.82) is 0 Å². The van der Waals surface area contributed by atoms with Crippen molar-refractivity contribution in [2.24, 2.45) is 11.8 Å². The molecule has 2 atom stereocenters. The van der Waals surface area contributed by atoms with E-state index in [4.69, 9.17) is 0 Å². The van der Waals surface area contributed by atoms with Crippen molar-refractivity contribution in [3.05, 3.63) is 23.8 Å². The van der Waals surface area contributed by atoms with Crippen LogP contribution < -0.4 is 0 Å². The zero-order valence-electron chi connectivity index (χ0n) is 7.80. The molecule has 0 aromatic rings. The number of rotatable bonds is 3. The van der Waals surface area contributed by atoms with Gasteiger partial charge in [-0.2, -0.15) is 0 Å². The topological polar surface area (TPSA) is 0 Å². The summed E-state index contributed by atoms with van der Waals surface area (Å²) in [5.41, 5.74) is 1.53. The van der Waals surface area contributed by atoms with Gasteiger partial charge in [0.05, 0.1) is 0 Å². The average molecular weight is 150 g/mol. The van der Waals surface area contributed by atoms with Gasteiger partial charge in [-0.15, -0.1) is 0 Å². The van der Waals surface area contributed by atoms with Crippen LogP contribution in [0.15, 0.2) is 23.8 Å². The second kappa shape index (κ2) is 3.75. The summed E-state index contributed by atoms with van der Waals surface area (Å²) in [6, 6.07) is 0. The smallest absolute Gasteiger partial charge is 0.00173 e. The number of hydrogen-bond acceptors (Lipinski definition) is 0. The molecule has 0 bridgehead atoms. The highest BCUT2D eigenvalue weighted by Gasteiger charge is 2.12. The van der Waals surface area contributed by atoms with E-state index in [0.717, 1.165) is 11.8 Å². The minimum atomic E-state index is 0.741. The minimum absolute atomic E-state index is 0.741. The third-order valence-corrected chi connectivity index (χ3v) is 2.64. The predicted molar refractivity (Wildman–Crippen MR) is 50.5 cm³/mol. The van der Waals surface area contributed by atoms with E-state index in [1.807, 2.05) is 0 Å². The Morgan fingerprint density at radius 3 is 2.73 bits per heavy atom. The third kappa shape index (κ3) is 2.21. The molecule has 0 N–H and O–H groups in total. The van der Waals surface area contributed by atoms with Crippen molar-refractivity contribution in [3.8, 4) is 0 Å². The van der Waals surface area contributed by atoms with Gasteiger partial charge in [0, 0.05) is 0 Å². The standard InChI is InChI=1S/C11H18/c1-4-9(2)8-11-7-5-6-10(11)3/h5-7,9,11H,4,8H2,1-3H3/t9-,11?/m1/s1. The highest BCUT2D eigenvalue weighted by atomic mass is 14.2. The molecule has 1 rings (SSSR count). The fraction of sp³-hybridized carbons (Fsp3) is 0.636. The van der Waals surface area contributed by atoms with Gasteiger partial charge in [0.1, 0.15) is 0 Å². The Morgan fingerprint density at radius 2 is 2.27 bits per heavy atom. The second-order valence-corrected chi connectivity index (χ2v) is 3.65. The molecule has 0 fully saturated rings. The molecular weight excluding hydrogens is 132 g/mol. The predicted octanol–water partition coefficient (Wildman–Crippen LogP) is 3.55. The van der Waals surface area contributed by atoms with Crippen molar-refractivity contribution < 1.29 is 0 Å². The van der Waals surface area contributed by atoms with E-state index in [-0.39, 0.29) is 0 Å². The molecule has 0 aromatic heterocycles. The lowest BCUT2D eigenvalue weighted by molar-refractivity contribution is 0.469. The monoisotopic (exact) mass is 150 g/mol. The molecule has 0 heterocycles. The molecule has 0 aromatic carbocycles. The molecule has 62 valence electrons. The normalized spacial score (nSPS) is 25.4. The van der Waals surface area contributed by atoms with Gasteiger partial charge in [0.2, 0.25) is 0 Å². The molecule has 1 unspecified atom stereocenters. The van der Waals surface area contributed by atoms with Crippen LogP contribution >= 0.6 is 0 Å². The Balaban J connectivity index is 2.38. The lowest BCUT2D eigenvalue weighted by Crippen LogP contribution is -2.02. The Labute approximate surface area is 70.0 Å². The van der Waals surface area contributed by atoms with Gasteiger partial charge in [-0.1, -0.05) is 44.1 Å². The maximum atomic E-state index is 2.33. The number of allylic oxidation sites excluding steroid dienone is 4. The molecule has 0 amide bonds. The van der Waals surface area contributed by atoms with Crippen molar-refractivity contribution in [2.75, 3.05) is 0 Å². The summed E-state index contributed by atoms with van der Waals surface area (Å²) in [5, 5.41) is 0. The number of hydrogen-bond donors (Lipinski definition) is 0. The molecular formula is C11H18. The van der Waals surface area contributed by atoms with Gasteiger partial charge in [-0.05, 0) is 25.2 Å². The van der Waals surface area contributed by atoms with Gasteiger partial charge in [0.15, 0.2) is 0 Å². The van der Waals surface area contributed by atoms with Crippen LogP contribution in [0, 0.1) is 11.8 Å². The van der Waals surface area contributed by atoms with E-state index in [2.05, 4.69) is 39.0 Å². The molecule has 0 heteroatoms. The van der Waals surface area contributed by atoms with Gasteiger partial charge in [-0.25, -0.2) is 0 Å². The van der Waals surface area contributed by atoms with Crippen LogP contribution in [-0.2, 0) is 0 Å². The average Bonchev–Trinajstić information content (AvgIpc) is 2.37. The first-order chi connectivity index (χ1) is 5.24. The van der Waals surface area contributed by atoms with E-state index in [1.165, 1.54) is 18.4 Å². The van der Waals surface area contributed by atoms with Gasteiger partial charge >= 0.3 is 0 Å². The van der Waals surface area contributed by atoms with Crippen LogP contribution in [0.2, 0.25) is 0 Å². The Morgan fingerprint density at radius 1 is 1.55 bits per heavy atom. The van der Waals surface area contributed by atoms with Crippen molar-refractivity contribution in [2.45, 2.75) is 33.6 Å². The first-order valence-electron chi connectivity index (χ1n) is 4.59. The summed E-state index contributed by atoms with van der Waals surface area (Å²) in [7, 11) is 0. The first-order valence-corrected chi connectivity index (χ1v) is 4.59. The largest absolute Gasteiger partial charge is 0.0773 e. The minimum Gasteiger partial charge on any atom is -0.0773 e. The summed E-state index contributed by atoms with van der Waals surface area (Å²) in [6.45, 7) is 6.83. The summed E-state index contributed by atoms with van der Waals surface area (Å²) in [6.07, 6.45) is 9.36. The maximum Gasteiger partial charge on any atom is -0.00173 e. The summed E-state index contributed by atoms with van der Waals surface area (Å²) in [4.78, 5) is 0. The van der Waals surface area contributed by atoms with Crippen LogP contribution in [0.1, 0.15) is 33.6 Å². The first kappa shape index (κ1) is 8.58. The van der Waals surface area contributed by atoms with E-state index < -0.39 is 0 Å². The fourth-order valence-electron chi connectivity index (χ4n) is 1.48. The Bertz CT molecular complexity index is 174. The zero-order chi connectivity index (χ0) is 8.27. The van der Waals surface area contributed by atoms with Gasteiger partial charge in [-0.3, -0.25) is 0 Å². The molecule has 0 nitrogen and oxygen atoms in total. The summed E-state index contributed by atoms with van der Waals surface area (Å²) < 4.78 is 0. The van der Waals surface area contributed by atoms with Crippen molar-refractivity contribution >= 4 is 0 Å². The quantitative estimate of drug-likeness (QED) is 0.577. The maximum absolute atomic E-state index is 2.33. The SMILES string of the molecule is CC[C@@H](C)CC1C=CC=C1C. The highest BCUT2D eigenvalue weighted by molar-refractivity contribution is 5.25. The summed E-state index contributed by atoms with van der Waals surface area (Å²) in [5.74, 6) is 1.61. The molecule has 11 heavy (non-hydrogen) atoms. The van der Waals surface area contributed by atoms with Crippen molar-refractivity contribution in [3.63, 3.8) is 0 Å². The molecule has 0 saturated heterocycles. The van der Waals surface area contributed by atoms with Crippen LogP contribution in [0.25, 0.3) is 0 Å². The third-order valence-electron chi connectivity index (χ3n) is 2.64. The lowest BCUT2D eigenvalue weighted by Gasteiger charge is -2.14. The second-order valence-electron chi connectivity index (χ2n) is 3.65. The summed E-state index contributed by atoms with van der Waals surface area (Å²) >= 11 is 0. The zero-order valence-corrected chi connectivity index (χ0v) is 7.80. The van der Waals surface area contributed by atoms with Gasteiger partial charge in [0.25, 0.3) is 0 Å². The van der Waals surface area contributed by atoms with E-state index >= 15 is 0 Å². The van der Waals surface area contributed by atoms with Crippen LogP contribution in [-0.4, -0.2) is 0 Å². The van der Waals surface area contributed by atoms with Crippen LogP contribution in [0.5, 0.6) is 0 Å². The van der Waals surface area contributed by atoms with E-state index in [0.29, 0.717) is 0 Å². The van der Waals surface area contributed by atoms with Crippen LogP contribution in [0.3, 0.4) is 0 Å². The Hall–Kier alpha value is -0.520. The molecule has 0 aliphatic heterocycles. The molecule has 1 aliphatic rings. The molecule has 0 radical (unpaired) electrons. The Kier molecular flexibility index (Phi) is 2.92. The highest BCUT2D eigenvalue weighted by Crippen LogP contribution is 2.26. The fourth-order valence-corrected chi connectivity index (χ4v) is 1.48. The van der Waals surface area contributed by atoms with E-state index in [1.54, 1.807) is 0 Å². The molecule has 0 spiro atoms. The van der Waals surface area contributed by atoms with Crippen molar-refractivity contribution in [1.82, 2.24) is 0 Å². The molecule has 0 saturated carbocycles. The van der Waals surface area contributed by atoms with Gasteiger partial charge < -0.3 is 0 Å². The molecule has 1 aliphatic carbocycles. The van der Waals surface area contributed by atoms with Crippen LogP contribution in [0.4, 0.5) is 0 Å².